The summed E-state index contributed by atoms with van der Waals surface area (Å²) < 4.78 is 5.04. The van der Waals surface area contributed by atoms with E-state index < -0.39 is 5.97 Å². The third kappa shape index (κ3) is 4.85. The van der Waals surface area contributed by atoms with Crippen LogP contribution in [0.1, 0.15) is 43.5 Å². The second-order valence-corrected chi connectivity index (χ2v) is 6.99. The van der Waals surface area contributed by atoms with Gasteiger partial charge in [0.25, 0.3) is 5.91 Å². The maximum Gasteiger partial charge on any atom is 0.340 e. The van der Waals surface area contributed by atoms with Crippen LogP contribution in [0.25, 0.3) is 0 Å². The number of hydrogen-bond donors (Lipinski definition) is 1. The maximum absolute atomic E-state index is 12.0. The fraction of sp³-hybridized carbons (Fsp3) is 0.529. The highest BCUT2D eigenvalue weighted by atomic mass is 35.5. The molecule has 0 aromatic heterocycles. The van der Waals surface area contributed by atoms with Crippen LogP contribution in [0, 0.1) is 11.8 Å². The normalized spacial score (nSPS) is 24.1. The molecule has 1 aliphatic carbocycles. The van der Waals surface area contributed by atoms with Crippen LogP contribution in [0.2, 0.25) is 10.0 Å². The highest BCUT2D eigenvalue weighted by molar-refractivity contribution is 6.36. The molecule has 0 radical (unpaired) electrons. The molecule has 0 heterocycles. The Morgan fingerprint density at radius 3 is 2.70 bits per heavy atom. The second-order valence-electron chi connectivity index (χ2n) is 6.14. The van der Waals surface area contributed by atoms with E-state index in [0.717, 1.165) is 12.8 Å². The molecule has 0 saturated heterocycles. The molecule has 1 fully saturated rings. The molecule has 1 saturated carbocycles. The zero-order chi connectivity index (χ0) is 17.0. The third-order valence-electron chi connectivity index (χ3n) is 4.54. The third-order valence-corrected chi connectivity index (χ3v) is 5.09. The fourth-order valence-corrected chi connectivity index (χ4v) is 3.38. The van der Waals surface area contributed by atoms with Gasteiger partial charge in [0.15, 0.2) is 6.61 Å². The van der Waals surface area contributed by atoms with E-state index >= 15 is 0 Å². The van der Waals surface area contributed by atoms with E-state index in [-0.39, 0.29) is 29.1 Å². The average Bonchev–Trinajstić information content (AvgIpc) is 2.49. The summed E-state index contributed by atoms with van der Waals surface area (Å²) in [5.41, 5.74) is 0.198. The molecule has 1 N–H and O–H groups in total. The number of halogens is 2. The Morgan fingerprint density at radius 2 is 2.00 bits per heavy atom. The van der Waals surface area contributed by atoms with Crippen LogP contribution < -0.4 is 5.32 Å². The topological polar surface area (TPSA) is 55.4 Å². The van der Waals surface area contributed by atoms with Crippen molar-refractivity contribution < 1.29 is 14.3 Å². The second kappa shape index (κ2) is 8.02. The highest BCUT2D eigenvalue weighted by Crippen LogP contribution is 2.29. The molecule has 0 spiro atoms. The lowest BCUT2D eigenvalue weighted by molar-refractivity contribution is -0.125. The molecule has 6 heteroatoms. The van der Waals surface area contributed by atoms with Gasteiger partial charge in [-0.25, -0.2) is 4.79 Å². The molecule has 3 atom stereocenters. The summed E-state index contributed by atoms with van der Waals surface area (Å²) in [6, 6.07) is 4.64. The summed E-state index contributed by atoms with van der Waals surface area (Å²) in [4.78, 5) is 24.0. The van der Waals surface area contributed by atoms with Gasteiger partial charge in [-0.15, -0.1) is 0 Å². The molecule has 0 bridgehead atoms. The minimum atomic E-state index is -0.633. The Hall–Kier alpha value is -1.26. The van der Waals surface area contributed by atoms with Gasteiger partial charge < -0.3 is 10.1 Å². The first-order valence-corrected chi connectivity index (χ1v) is 8.55. The van der Waals surface area contributed by atoms with E-state index in [1.807, 2.05) is 0 Å². The monoisotopic (exact) mass is 357 g/mol. The molecule has 0 aliphatic heterocycles. The molecule has 23 heavy (non-hydrogen) atoms. The molecular formula is C17H21Cl2NO3. The number of ether oxygens (including phenoxy) is 1. The van der Waals surface area contributed by atoms with E-state index in [1.165, 1.54) is 18.6 Å². The number of amides is 1. The zero-order valence-corrected chi connectivity index (χ0v) is 14.8. The van der Waals surface area contributed by atoms with E-state index in [1.54, 1.807) is 6.07 Å². The first kappa shape index (κ1) is 18.1. The summed E-state index contributed by atoms with van der Waals surface area (Å²) in [5.74, 6) is 0.0971. The molecule has 4 nitrogen and oxygen atoms in total. The molecule has 1 aromatic rings. The average molecular weight is 358 g/mol. The Balaban J connectivity index is 1.85. The van der Waals surface area contributed by atoms with Gasteiger partial charge in [-0.1, -0.05) is 49.9 Å². The standard InChI is InChI=1S/C17H21Cl2NO3/c1-10-4-3-5-15(11(10)2)20-16(21)9-23-17(22)13-7-6-12(18)8-14(13)19/h6-8,10-11,15H,3-5,9H2,1-2H3,(H,20,21)/t10-,11+,15+/m0/s1. The van der Waals surface area contributed by atoms with Gasteiger partial charge in [-0.3, -0.25) is 4.79 Å². The van der Waals surface area contributed by atoms with Crippen LogP contribution in [0.5, 0.6) is 0 Å². The van der Waals surface area contributed by atoms with Crippen molar-refractivity contribution in [3.8, 4) is 0 Å². The fourth-order valence-electron chi connectivity index (χ4n) is 2.90. The quantitative estimate of drug-likeness (QED) is 0.825. The summed E-state index contributed by atoms with van der Waals surface area (Å²) in [6.45, 7) is 4.04. The first-order chi connectivity index (χ1) is 10.9. The Kier molecular flexibility index (Phi) is 6.31. The van der Waals surface area contributed by atoms with Crippen LogP contribution in [0.15, 0.2) is 18.2 Å². The Labute approximate surface area is 146 Å². The first-order valence-electron chi connectivity index (χ1n) is 7.80. The lowest BCUT2D eigenvalue weighted by Gasteiger charge is -2.34. The molecular weight excluding hydrogens is 337 g/mol. The molecule has 1 aromatic carbocycles. The van der Waals surface area contributed by atoms with Crippen LogP contribution in [-0.4, -0.2) is 24.5 Å². The minimum Gasteiger partial charge on any atom is -0.452 e. The van der Waals surface area contributed by atoms with E-state index in [4.69, 9.17) is 27.9 Å². The van der Waals surface area contributed by atoms with Crippen molar-refractivity contribution in [2.24, 2.45) is 11.8 Å². The Morgan fingerprint density at radius 1 is 1.26 bits per heavy atom. The van der Waals surface area contributed by atoms with Crippen molar-refractivity contribution in [3.05, 3.63) is 33.8 Å². The van der Waals surface area contributed by atoms with Crippen molar-refractivity contribution >= 4 is 35.1 Å². The SMILES string of the molecule is C[C@@H]1[C@@H](C)CCC[C@H]1NC(=O)COC(=O)c1ccc(Cl)cc1Cl. The van der Waals surface area contributed by atoms with Gasteiger partial charge >= 0.3 is 5.97 Å². The molecule has 126 valence electrons. The van der Waals surface area contributed by atoms with Crippen LogP contribution in [0.3, 0.4) is 0 Å². The van der Waals surface area contributed by atoms with Gasteiger partial charge in [-0.05, 0) is 36.5 Å². The lowest BCUT2D eigenvalue weighted by atomic mass is 9.78. The van der Waals surface area contributed by atoms with Crippen LogP contribution in [-0.2, 0) is 9.53 Å². The van der Waals surface area contributed by atoms with Gasteiger partial charge in [0.1, 0.15) is 0 Å². The number of esters is 1. The number of carbonyl (C=O) groups excluding carboxylic acids is 2. The smallest absolute Gasteiger partial charge is 0.340 e. The van der Waals surface area contributed by atoms with Crippen molar-refractivity contribution in [1.29, 1.82) is 0 Å². The van der Waals surface area contributed by atoms with E-state index in [0.29, 0.717) is 16.9 Å². The summed E-state index contributed by atoms with van der Waals surface area (Å²) >= 11 is 11.7. The number of hydrogen-bond acceptors (Lipinski definition) is 3. The van der Waals surface area contributed by atoms with Crippen LogP contribution >= 0.6 is 23.2 Å². The molecule has 0 unspecified atom stereocenters. The predicted octanol–water partition coefficient (Wildman–Crippen LogP) is 4.09. The number of carbonyl (C=O) groups is 2. The summed E-state index contributed by atoms with van der Waals surface area (Å²) in [7, 11) is 0. The number of benzene rings is 1. The molecule has 2 rings (SSSR count). The van der Waals surface area contributed by atoms with Crippen molar-refractivity contribution in [2.75, 3.05) is 6.61 Å². The highest BCUT2D eigenvalue weighted by Gasteiger charge is 2.28. The summed E-state index contributed by atoms with van der Waals surface area (Å²) in [6.07, 6.45) is 3.27. The van der Waals surface area contributed by atoms with Crippen molar-refractivity contribution in [2.45, 2.75) is 39.2 Å². The van der Waals surface area contributed by atoms with E-state index in [9.17, 15) is 9.59 Å². The zero-order valence-electron chi connectivity index (χ0n) is 13.3. The van der Waals surface area contributed by atoms with Gasteiger partial charge in [-0.2, -0.15) is 0 Å². The predicted molar refractivity (Wildman–Crippen MR) is 90.9 cm³/mol. The lowest BCUT2D eigenvalue weighted by Crippen LogP contribution is -2.45. The molecule has 1 aliphatic rings. The van der Waals surface area contributed by atoms with Crippen LogP contribution in [0.4, 0.5) is 0 Å². The largest absolute Gasteiger partial charge is 0.452 e. The summed E-state index contributed by atoms with van der Waals surface area (Å²) in [5, 5.41) is 3.60. The Bertz CT molecular complexity index is 591. The van der Waals surface area contributed by atoms with Crippen molar-refractivity contribution in [3.63, 3.8) is 0 Å². The van der Waals surface area contributed by atoms with Gasteiger partial charge in [0.05, 0.1) is 10.6 Å². The van der Waals surface area contributed by atoms with E-state index in [2.05, 4.69) is 19.2 Å². The minimum absolute atomic E-state index is 0.143. The molecule has 1 amide bonds. The van der Waals surface area contributed by atoms with Crippen molar-refractivity contribution in [1.82, 2.24) is 5.32 Å². The number of nitrogens with one attached hydrogen (secondary N) is 1. The van der Waals surface area contributed by atoms with Gasteiger partial charge in [0.2, 0.25) is 0 Å². The van der Waals surface area contributed by atoms with Gasteiger partial charge in [0, 0.05) is 11.1 Å². The maximum atomic E-state index is 12.0. The number of rotatable bonds is 4.